The van der Waals surface area contributed by atoms with Gasteiger partial charge in [0.2, 0.25) is 5.76 Å². The van der Waals surface area contributed by atoms with Crippen LogP contribution in [0.2, 0.25) is 5.02 Å². The van der Waals surface area contributed by atoms with E-state index in [1.54, 1.807) is 24.4 Å². The van der Waals surface area contributed by atoms with E-state index >= 15 is 0 Å². The van der Waals surface area contributed by atoms with Crippen molar-refractivity contribution < 1.29 is 13.9 Å². The normalized spacial score (nSPS) is 10.1. The number of nitrogens with zero attached hydrogens (tertiary/aromatic N) is 1. The highest BCUT2D eigenvalue weighted by atomic mass is 35.5. The fourth-order valence-corrected chi connectivity index (χ4v) is 1.52. The Morgan fingerprint density at radius 3 is 3.00 bits per heavy atom. The molecule has 94 valence electrons. The van der Waals surface area contributed by atoms with Crippen LogP contribution in [0.4, 0.5) is 5.82 Å². The summed E-state index contributed by atoms with van der Waals surface area (Å²) in [5.74, 6) is 0.358. The van der Waals surface area contributed by atoms with Gasteiger partial charge in [-0.15, -0.1) is 0 Å². The van der Waals surface area contributed by atoms with Crippen LogP contribution in [-0.4, -0.2) is 18.1 Å². The number of carbonyl (C=O) groups is 1. The Balaban J connectivity index is 2.04. The summed E-state index contributed by atoms with van der Waals surface area (Å²) in [5, 5.41) is 3.62. The maximum Gasteiger partial charge on any atom is 0.374 e. The number of esters is 1. The van der Waals surface area contributed by atoms with Crippen LogP contribution in [0.25, 0.3) is 0 Å². The first-order valence-corrected chi connectivity index (χ1v) is 5.58. The Morgan fingerprint density at radius 1 is 1.50 bits per heavy atom. The molecule has 0 unspecified atom stereocenters. The maximum atomic E-state index is 11.4. The number of halogens is 1. The molecule has 1 N–H and O–H groups in total. The Labute approximate surface area is 109 Å². The number of nitrogens with one attached hydrogen (secondary N) is 1. The zero-order valence-electron chi connectivity index (χ0n) is 9.64. The summed E-state index contributed by atoms with van der Waals surface area (Å²) < 4.78 is 9.68. The molecule has 0 spiro atoms. The molecule has 0 amide bonds. The average molecular weight is 267 g/mol. The van der Waals surface area contributed by atoms with Gasteiger partial charge >= 0.3 is 5.97 Å². The third-order valence-corrected chi connectivity index (χ3v) is 2.53. The van der Waals surface area contributed by atoms with Gasteiger partial charge in [-0.3, -0.25) is 0 Å². The molecular formula is C12H11ClN2O3. The Morgan fingerprint density at radius 2 is 2.33 bits per heavy atom. The second kappa shape index (κ2) is 5.55. The van der Waals surface area contributed by atoms with Gasteiger partial charge in [0, 0.05) is 18.3 Å². The fraction of sp³-hybridized carbons (Fsp3) is 0.167. The Hall–Kier alpha value is -2.01. The minimum absolute atomic E-state index is 0.193. The zero-order valence-corrected chi connectivity index (χ0v) is 10.4. The molecular weight excluding hydrogens is 256 g/mol. The van der Waals surface area contributed by atoms with E-state index in [1.165, 1.54) is 13.4 Å². The quantitative estimate of drug-likeness (QED) is 0.862. The van der Waals surface area contributed by atoms with Gasteiger partial charge in [-0.1, -0.05) is 11.6 Å². The van der Waals surface area contributed by atoms with E-state index < -0.39 is 5.97 Å². The minimum Gasteiger partial charge on any atom is -0.463 e. The molecule has 2 heterocycles. The molecule has 0 aromatic carbocycles. The van der Waals surface area contributed by atoms with Gasteiger partial charge in [0.05, 0.1) is 18.4 Å². The van der Waals surface area contributed by atoms with Gasteiger partial charge in [-0.2, -0.15) is 0 Å². The number of hydrogen-bond donors (Lipinski definition) is 1. The van der Waals surface area contributed by atoms with E-state index in [9.17, 15) is 4.79 Å². The van der Waals surface area contributed by atoms with Gasteiger partial charge in [0.25, 0.3) is 0 Å². The molecule has 0 atom stereocenters. The fourth-order valence-electron chi connectivity index (χ4n) is 1.41. The van der Waals surface area contributed by atoms with Crippen LogP contribution in [0, 0.1) is 0 Å². The van der Waals surface area contributed by atoms with Crippen LogP contribution in [0.5, 0.6) is 0 Å². The SMILES string of the molecule is COC(=O)c1occc1CNc1ccc(Cl)cn1. The van der Waals surface area contributed by atoms with Crippen molar-refractivity contribution in [1.29, 1.82) is 0 Å². The van der Waals surface area contributed by atoms with Crippen LogP contribution in [0.3, 0.4) is 0 Å². The second-order valence-electron chi connectivity index (χ2n) is 3.48. The average Bonchev–Trinajstić information content (AvgIpc) is 2.85. The molecule has 0 aliphatic rings. The number of carbonyl (C=O) groups excluding carboxylic acids is 1. The van der Waals surface area contributed by atoms with Crippen LogP contribution in [0.15, 0.2) is 35.1 Å². The molecule has 0 aliphatic heterocycles. The number of methoxy groups -OCH3 is 1. The number of rotatable bonds is 4. The Bertz CT molecular complexity index is 537. The molecule has 6 heteroatoms. The summed E-state index contributed by atoms with van der Waals surface area (Å²) in [6.07, 6.45) is 2.99. The predicted octanol–water partition coefficient (Wildman–Crippen LogP) is 2.73. The van der Waals surface area contributed by atoms with Crippen molar-refractivity contribution in [3.8, 4) is 0 Å². The van der Waals surface area contributed by atoms with Gasteiger partial charge in [0.15, 0.2) is 0 Å². The first kappa shape index (κ1) is 12.4. The lowest BCUT2D eigenvalue weighted by atomic mass is 10.2. The molecule has 0 saturated carbocycles. The molecule has 0 bridgehead atoms. The van der Waals surface area contributed by atoms with Gasteiger partial charge in [-0.05, 0) is 18.2 Å². The lowest BCUT2D eigenvalue weighted by molar-refractivity contribution is 0.0563. The lowest BCUT2D eigenvalue weighted by Crippen LogP contribution is -2.07. The van der Waals surface area contributed by atoms with Crippen molar-refractivity contribution in [3.05, 3.63) is 47.0 Å². The summed E-state index contributed by atoms with van der Waals surface area (Å²) in [4.78, 5) is 15.5. The van der Waals surface area contributed by atoms with Crippen molar-refractivity contribution in [1.82, 2.24) is 4.98 Å². The van der Waals surface area contributed by atoms with Gasteiger partial charge < -0.3 is 14.5 Å². The van der Waals surface area contributed by atoms with Crippen molar-refractivity contribution >= 4 is 23.4 Å². The highest BCUT2D eigenvalue weighted by molar-refractivity contribution is 6.30. The smallest absolute Gasteiger partial charge is 0.374 e. The van der Waals surface area contributed by atoms with E-state index in [-0.39, 0.29) is 5.76 Å². The highest BCUT2D eigenvalue weighted by Gasteiger charge is 2.15. The molecule has 2 aromatic rings. The number of furan rings is 1. The molecule has 5 nitrogen and oxygen atoms in total. The number of anilines is 1. The molecule has 2 rings (SSSR count). The van der Waals surface area contributed by atoms with E-state index in [0.717, 1.165) is 0 Å². The van der Waals surface area contributed by atoms with Crippen molar-refractivity contribution in [2.45, 2.75) is 6.54 Å². The number of ether oxygens (including phenoxy) is 1. The molecule has 0 radical (unpaired) electrons. The first-order valence-electron chi connectivity index (χ1n) is 5.21. The van der Waals surface area contributed by atoms with Gasteiger partial charge in [-0.25, -0.2) is 9.78 Å². The van der Waals surface area contributed by atoms with E-state index in [1.807, 2.05) is 0 Å². The lowest BCUT2D eigenvalue weighted by Gasteiger charge is -2.05. The van der Waals surface area contributed by atoms with Gasteiger partial charge in [0.1, 0.15) is 5.82 Å². The summed E-state index contributed by atoms with van der Waals surface area (Å²) in [6, 6.07) is 5.18. The van der Waals surface area contributed by atoms with E-state index in [0.29, 0.717) is 22.9 Å². The standard InChI is InChI=1S/C12H11ClN2O3/c1-17-12(16)11-8(4-5-18-11)6-14-10-3-2-9(13)7-15-10/h2-5,7H,6H2,1H3,(H,14,15). The highest BCUT2D eigenvalue weighted by Crippen LogP contribution is 2.15. The first-order chi connectivity index (χ1) is 8.70. The predicted molar refractivity (Wildman–Crippen MR) is 66.6 cm³/mol. The van der Waals surface area contributed by atoms with E-state index in [2.05, 4.69) is 15.0 Å². The third-order valence-electron chi connectivity index (χ3n) is 2.30. The molecule has 0 saturated heterocycles. The zero-order chi connectivity index (χ0) is 13.0. The second-order valence-corrected chi connectivity index (χ2v) is 3.92. The van der Waals surface area contributed by atoms with Crippen LogP contribution in [0.1, 0.15) is 16.1 Å². The van der Waals surface area contributed by atoms with Crippen LogP contribution >= 0.6 is 11.6 Å². The van der Waals surface area contributed by atoms with Crippen LogP contribution in [-0.2, 0) is 11.3 Å². The molecule has 18 heavy (non-hydrogen) atoms. The largest absolute Gasteiger partial charge is 0.463 e. The number of pyridine rings is 1. The maximum absolute atomic E-state index is 11.4. The summed E-state index contributed by atoms with van der Waals surface area (Å²) >= 11 is 5.73. The third kappa shape index (κ3) is 2.81. The molecule has 0 fully saturated rings. The molecule has 0 aliphatic carbocycles. The number of hydrogen-bond acceptors (Lipinski definition) is 5. The summed E-state index contributed by atoms with van der Waals surface area (Å²) in [5.41, 5.74) is 0.707. The summed E-state index contributed by atoms with van der Waals surface area (Å²) in [7, 11) is 1.31. The number of aromatic nitrogens is 1. The minimum atomic E-state index is -0.499. The van der Waals surface area contributed by atoms with Crippen molar-refractivity contribution in [2.75, 3.05) is 12.4 Å². The van der Waals surface area contributed by atoms with Crippen LogP contribution < -0.4 is 5.32 Å². The monoisotopic (exact) mass is 266 g/mol. The Kier molecular flexibility index (Phi) is 3.84. The van der Waals surface area contributed by atoms with Crippen molar-refractivity contribution in [2.24, 2.45) is 0 Å². The van der Waals surface area contributed by atoms with Crippen molar-refractivity contribution in [3.63, 3.8) is 0 Å². The molecule has 2 aromatic heterocycles. The van der Waals surface area contributed by atoms with E-state index in [4.69, 9.17) is 16.0 Å². The topological polar surface area (TPSA) is 64.4 Å². The summed E-state index contributed by atoms with van der Waals surface area (Å²) in [6.45, 7) is 0.412.